The van der Waals surface area contributed by atoms with Gasteiger partial charge in [-0.1, -0.05) is 0 Å². The number of nitrogens with one attached hydrogen (secondary N) is 1. The highest BCUT2D eigenvalue weighted by atomic mass is 16.2. The van der Waals surface area contributed by atoms with Crippen LogP contribution >= 0.6 is 0 Å². The minimum Gasteiger partial charge on any atom is -0.358 e. The lowest BCUT2D eigenvalue weighted by molar-refractivity contribution is 0.0652. The molecule has 1 amide bonds. The number of carbonyl (C=O) groups excluding carboxylic acids is 1. The van der Waals surface area contributed by atoms with Crippen molar-refractivity contribution < 1.29 is 4.79 Å². The molecule has 0 unspecified atom stereocenters. The van der Waals surface area contributed by atoms with Crippen LogP contribution in [0.25, 0.3) is 10.9 Å². The van der Waals surface area contributed by atoms with Crippen molar-refractivity contribution in [2.24, 2.45) is 0 Å². The van der Waals surface area contributed by atoms with Gasteiger partial charge in [-0.15, -0.1) is 0 Å². The van der Waals surface area contributed by atoms with Crippen molar-refractivity contribution in [3.05, 3.63) is 35.0 Å². The summed E-state index contributed by atoms with van der Waals surface area (Å²) in [5.41, 5.74) is 4.29. The fourth-order valence-electron chi connectivity index (χ4n) is 3.23. The summed E-state index contributed by atoms with van der Waals surface area (Å²) in [5.74, 6) is 0.160. The maximum absolute atomic E-state index is 12.7. The van der Waals surface area contributed by atoms with E-state index in [4.69, 9.17) is 0 Å². The molecule has 3 nitrogen and oxygen atoms in total. The van der Waals surface area contributed by atoms with E-state index >= 15 is 0 Å². The molecule has 1 aliphatic rings. The monoisotopic (exact) mass is 270 g/mol. The van der Waals surface area contributed by atoms with E-state index in [0.29, 0.717) is 0 Å². The summed E-state index contributed by atoms with van der Waals surface area (Å²) in [6, 6.07) is 5.99. The second-order valence-electron chi connectivity index (χ2n) is 6.51. The number of carbonyl (C=O) groups is 1. The quantitative estimate of drug-likeness (QED) is 0.840. The number of likely N-dealkylation sites (tertiary alicyclic amines) is 1. The van der Waals surface area contributed by atoms with Gasteiger partial charge < -0.3 is 9.88 Å². The van der Waals surface area contributed by atoms with Gasteiger partial charge in [-0.25, -0.2) is 0 Å². The van der Waals surface area contributed by atoms with Crippen molar-refractivity contribution in [1.82, 2.24) is 9.88 Å². The molecule has 1 aromatic heterocycles. The molecule has 0 atom stereocenters. The summed E-state index contributed by atoms with van der Waals surface area (Å²) < 4.78 is 0. The van der Waals surface area contributed by atoms with Crippen molar-refractivity contribution >= 4 is 16.8 Å². The molecule has 1 N–H and O–H groups in total. The Morgan fingerprint density at radius 2 is 2.05 bits per heavy atom. The Labute approximate surface area is 120 Å². The number of aromatic nitrogens is 1. The van der Waals surface area contributed by atoms with Gasteiger partial charge >= 0.3 is 0 Å². The summed E-state index contributed by atoms with van der Waals surface area (Å²) in [6.07, 6.45) is 2.19. The highest BCUT2D eigenvalue weighted by molar-refractivity contribution is 5.99. The van der Waals surface area contributed by atoms with E-state index in [1.54, 1.807) is 0 Å². The minimum absolute atomic E-state index is 0.0187. The number of benzene rings is 1. The molecule has 0 saturated carbocycles. The second kappa shape index (κ2) is 4.37. The third kappa shape index (κ3) is 1.92. The number of aryl methyl sites for hydroxylation is 2. The zero-order valence-corrected chi connectivity index (χ0v) is 12.7. The van der Waals surface area contributed by atoms with E-state index in [1.165, 1.54) is 11.3 Å². The molecule has 2 heterocycles. The second-order valence-corrected chi connectivity index (χ2v) is 6.51. The molecule has 1 saturated heterocycles. The molecule has 0 radical (unpaired) electrons. The molecule has 1 aliphatic heterocycles. The third-order valence-corrected chi connectivity index (χ3v) is 4.70. The Kier molecular flexibility index (Phi) is 2.89. The Balaban J connectivity index is 2.02. The van der Waals surface area contributed by atoms with Gasteiger partial charge in [-0.3, -0.25) is 4.79 Å². The Hall–Kier alpha value is -1.77. The molecular weight excluding hydrogens is 248 g/mol. The summed E-state index contributed by atoms with van der Waals surface area (Å²) in [5, 5.41) is 1.16. The first kappa shape index (κ1) is 13.2. The number of amides is 1. The van der Waals surface area contributed by atoms with Gasteiger partial charge in [-0.2, -0.15) is 0 Å². The van der Waals surface area contributed by atoms with Crippen molar-refractivity contribution in [3.63, 3.8) is 0 Å². The summed E-state index contributed by atoms with van der Waals surface area (Å²) in [7, 11) is 0. The van der Waals surface area contributed by atoms with Gasteiger partial charge in [0, 0.05) is 34.2 Å². The Morgan fingerprint density at radius 1 is 1.30 bits per heavy atom. The summed E-state index contributed by atoms with van der Waals surface area (Å²) in [6.45, 7) is 9.35. The Morgan fingerprint density at radius 3 is 2.70 bits per heavy atom. The zero-order chi connectivity index (χ0) is 14.5. The van der Waals surface area contributed by atoms with E-state index < -0.39 is 0 Å². The van der Waals surface area contributed by atoms with Gasteiger partial charge in [-0.05, 0) is 64.3 Å². The molecule has 0 bridgehead atoms. The number of nitrogens with zero attached hydrogens (tertiary/aromatic N) is 1. The molecule has 0 spiro atoms. The molecule has 0 aliphatic carbocycles. The highest BCUT2D eigenvalue weighted by Crippen LogP contribution is 2.31. The molecule has 20 heavy (non-hydrogen) atoms. The van der Waals surface area contributed by atoms with E-state index in [2.05, 4.69) is 32.7 Å². The normalized spacial score (nSPS) is 17.9. The van der Waals surface area contributed by atoms with Gasteiger partial charge in [0.05, 0.1) is 0 Å². The predicted octanol–water partition coefficient (Wildman–Crippen LogP) is 3.80. The van der Waals surface area contributed by atoms with Gasteiger partial charge in [0.2, 0.25) is 0 Å². The van der Waals surface area contributed by atoms with Crippen LogP contribution in [0.5, 0.6) is 0 Å². The van der Waals surface area contributed by atoms with E-state index in [9.17, 15) is 4.79 Å². The smallest absolute Gasteiger partial charge is 0.254 e. The van der Waals surface area contributed by atoms with Crippen LogP contribution in [-0.4, -0.2) is 27.9 Å². The number of fused-ring (bicyclic) bond motifs is 1. The number of hydrogen-bond donors (Lipinski definition) is 1. The van der Waals surface area contributed by atoms with Crippen LogP contribution < -0.4 is 0 Å². The minimum atomic E-state index is -0.0187. The average Bonchev–Trinajstić information content (AvgIpc) is 2.89. The number of aromatic amines is 1. The van der Waals surface area contributed by atoms with Crippen LogP contribution in [-0.2, 0) is 0 Å². The lowest BCUT2D eigenvalue weighted by atomic mass is 10.0. The van der Waals surface area contributed by atoms with Crippen LogP contribution in [0.15, 0.2) is 18.2 Å². The van der Waals surface area contributed by atoms with Crippen LogP contribution in [0.4, 0.5) is 0 Å². The zero-order valence-electron chi connectivity index (χ0n) is 12.7. The van der Waals surface area contributed by atoms with Crippen molar-refractivity contribution in [2.45, 2.75) is 46.1 Å². The maximum atomic E-state index is 12.7. The summed E-state index contributed by atoms with van der Waals surface area (Å²) in [4.78, 5) is 18.1. The molecule has 3 rings (SSSR count). The highest BCUT2D eigenvalue weighted by Gasteiger charge is 2.35. The number of rotatable bonds is 1. The molecule has 1 aromatic carbocycles. The average molecular weight is 270 g/mol. The van der Waals surface area contributed by atoms with Gasteiger partial charge in [0.1, 0.15) is 0 Å². The molecule has 106 valence electrons. The molecule has 3 heteroatoms. The van der Waals surface area contributed by atoms with Crippen molar-refractivity contribution in [2.75, 3.05) is 6.54 Å². The standard InChI is InChI=1S/C17H22N2O/c1-11-12(2)18-15-7-6-13(10-14(11)15)16(20)19-9-5-8-17(19,3)4/h6-7,10,18H,5,8-9H2,1-4H3. The SMILES string of the molecule is Cc1[nH]c2ccc(C(=O)N3CCCC3(C)C)cc2c1C. The van der Waals surface area contributed by atoms with Gasteiger partial charge in [0.25, 0.3) is 5.91 Å². The number of hydrogen-bond acceptors (Lipinski definition) is 1. The van der Waals surface area contributed by atoms with Crippen molar-refractivity contribution in [1.29, 1.82) is 0 Å². The van der Waals surface area contributed by atoms with E-state index in [0.717, 1.165) is 35.9 Å². The van der Waals surface area contributed by atoms with Crippen LogP contribution in [0.3, 0.4) is 0 Å². The fourth-order valence-corrected chi connectivity index (χ4v) is 3.23. The van der Waals surface area contributed by atoms with Crippen LogP contribution in [0, 0.1) is 13.8 Å². The van der Waals surface area contributed by atoms with Crippen molar-refractivity contribution in [3.8, 4) is 0 Å². The Bertz CT molecular complexity index is 682. The van der Waals surface area contributed by atoms with Crippen LogP contribution in [0.1, 0.15) is 48.3 Å². The maximum Gasteiger partial charge on any atom is 0.254 e. The van der Waals surface area contributed by atoms with Gasteiger partial charge in [0.15, 0.2) is 0 Å². The first-order chi connectivity index (χ1) is 9.40. The summed E-state index contributed by atoms with van der Waals surface area (Å²) >= 11 is 0. The predicted molar refractivity (Wildman–Crippen MR) is 82.1 cm³/mol. The number of H-pyrrole nitrogens is 1. The topological polar surface area (TPSA) is 36.1 Å². The van der Waals surface area contributed by atoms with E-state index in [-0.39, 0.29) is 11.4 Å². The molecule has 1 fully saturated rings. The molecule has 2 aromatic rings. The van der Waals surface area contributed by atoms with Crippen LogP contribution in [0.2, 0.25) is 0 Å². The third-order valence-electron chi connectivity index (χ3n) is 4.70. The van der Waals surface area contributed by atoms with E-state index in [1.807, 2.05) is 23.1 Å². The fraction of sp³-hybridized carbons (Fsp3) is 0.471. The largest absolute Gasteiger partial charge is 0.358 e. The lowest BCUT2D eigenvalue weighted by Crippen LogP contribution is -2.42. The lowest BCUT2D eigenvalue weighted by Gasteiger charge is -2.31. The first-order valence-corrected chi connectivity index (χ1v) is 7.31. The first-order valence-electron chi connectivity index (χ1n) is 7.31. The molecular formula is C17H22N2O.